The SMILES string of the molecule is CC(O)CC(=O)N[C@@H](CCC(N)=O)C(=O)O. The van der Waals surface area contributed by atoms with Crippen molar-refractivity contribution in [2.45, 2.75) is 38.3 Å². The normalized spacial score (nSPS) is 13.9. The predicted molar refractivity (Wildman–Crippen MR) is 54.3 cm³/mol. The minimum Gasteiger partial charge on any atom is -0.480 e. The molecule has 1 unspecified atom stereocenters. The van der Waals surface area contributed by atoms with E-state index in [9.17, 15) is 14.4 Å². The van der Waals surface area contributed by atoms with E-state index in [1.807, 2.05) is 0 Å². The molecule has 0 saturated carbocycles. The van der Waals surface area contributed by atoms with E-state index in [0.717, 1.165) is 0 Å². The fourth-order valence-corrected chi connectivity index (χ4v) is 1.07. The molecule has 0 aliphatic rings. The maximum Gasteiger partial charge on any atom is 0.326 e. The quantitative estimate of drug-likeness (QED) is 0.428. The second-order valence-corrected chi connectivity index (χ2v) is 3.52. The van der Waals surface area contributed by atoms with E-state index in [-0.39, 0.29) is 19.3 Å². The molecular formula is C9H16N2O5. The number of amides is 2. The van der Waals surface area contributed by atoms with Gasteiger partial charge in [0.2, 0.25) is 11.8 Å². The van der Waals surface area contributed by atoms with Gasteiger partial charge in [0, 0.05) is 6.42 Å². The Balaban J connectivity index is 4.17. The zero-order chi connectivity index (χ0) is 12.7. The molecule has 0 bridgehead atoms. The molecule has 0 heterocycles. The molecule has 0 aliphatic heterocycles. The highest BCUT2D eigenvalue weighted by Gasteiger charge is 2.20. The van der Waals surface area contributed by atoms with Crippen molar-refractivity contribution in [1.29, 1.82) is 0 Å². The van der Waals surface area contributed by atoms with Crippen molar-refractivity contribution >= 4 is 17.8 Å². The van der Waals surface area contributed by atoms with Crippen molar-refractivity contribution in [3.63, 3.8) is 0 Å². The molecule has 0 aromatic heterocycles. The van der Waals surface area contributed by atoms with Crippen molar-refractivity contribution in [3.8, 4) is 0 Å². The lowest BCUT2D eigenvalue weighted by atomic mass is 10.1. The molecule has 0 aromatic carbocycles. The van der Waals surface area contributed by atoms with Crippen LogP contribution in [0.3, 0.4) is 0 Å². The molecule has 0 fully saturated rings. The first-order valence-electron chi connectivity index (χ1n) is 4.81. The van der Waals surface area contributed by atoms with Gasteiger partial charge in [0.1, 0.15) is 6.04 Å². The number of hydrogen-bond donors (Lipinski definition) is 4. The number of carbonyl (C=O) groups is 3. The second kappa shape index (κ2) is 6.78. The Kier molecular flexibility index (Phi) is 6.09. The van der Waals surface area contributed by atoms with Crippen molar-refractivity contribution < 1.29 is 24.6 Å². The Hall–Kier alpha value is -1.63. The summed E-state index contributed by atoms with van der Waals surface area (Å²) in [7, 11) is 0. The first-order chi connectivity index (χ1) is 7.32. The summed E-state index contributed by atoms with van der Waals surface area (Å²) in [6.07, 6.45) is -1.20. The van der Waals surface area contributed by atoms with E-state index < -0.39 is 29.9 Å². The molecule has 7 heteroatoms. The minimum atomic E-state index is -1.24. The van der Waals surface area contributed by atoms with Gasteiger partial charge in [0.25, 0.3) is 0 Å². The average molecular weight is 232 g/mol. The summed E-state index contributed by atoms with van der Waals surface area (Å²) in [5.74, 6) is -2.44. The molecule has 0 aromatic rings. The standard InChI is InChI=1S/C9H16N2O5/c1-5(12)4-8(14)11-6(9(15)16)2-3-7(10)13/h5-6,12H,2-4H2,1H3,(H2,10,13)(H,11,14)(H,15,16)/t5?,6-/m0/s1. The number of carbonyl (C=O) groups excluding carboxylic acids is 2. The summed E-state index contributed by atoms with van der Waals surface area (Å²) in [4.78, 5) is 32.3. The summed E-state index contributed by atoms with van der Waals surface area (Å²) in [5, 5.41) is 19.8. The Labute approximate surface area is 92.6 Å². The fraction of sp³-hybridized carbons (Fsp3) is 0.667. The maximum absolute atomic E-state index is 11.2. The second-order valence-electron chi connectivity index (χ2n) is 3.52. The number of aliphatic hydroxyl groups is 1. The summed E-state index contributed by atoms with van der Waals surface area (Å²) < 4.78 is 0. The molecule has 0 rings (SSSR count). The third kappa shape index (κ3) is 6.77. The molecule has 2 atom stereocenters. The summed E-state index contributed by atoms with van der Waals surface area (Å²) in [5.41, 5.74) is 4.87. The van der Waals surface area contributed by atoms with E-state index in [1.165, 1.54) is 6.92 Å². The van der Waals surface area contributed by atoms with Gasteiger partial charge in [0.05, 0.1) is 12.5 Å². The summed E-state index contributed by atoms with van der Waals surface area (Å²) in [6.45, 7) is 1.42. The molecule has 0 aliphatic carbocycles. The van der Waals surface area contributed by atoms with E-state index in [4.69, 9.17) is 15.9 Å². The molecule has 0 radical (unpaired) electrons. The topological polar surface area (TPSA) is 130 Å². The van der Waals surface area contributed by atoms with E-state index >= 15 is 0 Å². The zero-order valence-electron chi connectivity index (χ0n) is 8.97. The number of carboxylic acid groups (broad SMARTS) is 1. The number of nitrogens with one attached hydrogen (secondary N) is 1. The van der Waals surface area contributed by atoms with E-state index in [1.54, 1.807) is 0 Å². The van der Waals surface area contributed by atoms with E-state index in [2.05, 4.69) is 5.32 Å². The molecule has 7 nitrogen and oxygen atoms in total. The third-order valence-electron chi connectivity index (χ3n) is 1.79. The van der Waals surface area contributed by atoms with Crippen molar-refractivity contribution in [2.24, 2.45) is 5.73 Å². The van der Waals surface area contributed by atoms with Gasteiger partial charge in [-0.05, 0) is 13.3 Å². The Morgan fingerprint density at radius 3 is 2.31 bits per heavy atom. The first kappa shape index (κ1) is 14.4. The number of hydrogen-bond acceptors (Lipinski definition) is 4. The van der Waals surface area contributed by atoms with Gasteiger partial charge >= 0.3 is 5.97 Å². The molecule has 92 valence electrons. The van der Waals surface area contributed by atoms with Crippen molar-refractivity contribution in [1.82, 2.24) is 5.32 Å². The summed E-state index contributed by atoms with van der Waals surface area (Å²) in [6, 6.07) is -1.15. The number of aliphatic carboxylic acids is 1. The smallest absolute Gasteiger partial charge is 0.326 e. The molecule has 5 N–H and O–H groups in total. The highest BCUT2D eigenvalue weighted by Crippen LogP contribution is 1.99. The first-order valence-corrected chi connectivity index (χ1v) is 4.81. The Bertz CT molecular complexity index is 277. The van der Waals surface area contributed by atoms with E-state index in [0.29, 0.717) is 0 Å². The van der Waals surface area contributed by atoms with Crippen LogP contribution in [0.25, 0.3) is 0 Å². The van der Waals surface area contributed by atoms with Crippen LogP contribution in [0.4, 0.5) is 0 Å². The van der Waals surface area contributed by atoms with Crippen LogP contribution >= 0.6 is 0 Å². The maximum atomic E-state index is 11.2. The zero-order valence-corrected chi connectivity index (χ0v) is 8.97. The van der Waals surface area contributed by atoms with Crippen LogP contribution in [-0.4, -0.2) is 40.1 Å². The van der Waals surface area contributed by atoms with Crippen LogP contribution < -0.4 is 11.1 Å². The van der Waals surface area contributed by atoms with Gasteiger partial charge in [-0.2, -0.15) is 0 Å². The minimum absolute atomic E-state index is 0.0593. The molecule has 0 spiro atoms. The Morgan fingerprint density at radius 2 is 1.94 bits per heavy atom. The number of carboxylic acids is 1. The third-order valence-corrected chi connectivity index (χ3v) is 1.79. The van der Waals surface area contributed by atoms with Crippen LogP contribution in [0.2, 0.25) is 0 Å². The lowest BCUT2D eigenvalue weighted by Gasteiger charge is -2.14. The van der Waals surface area contributed by atoms with Crippen LogP contribution in [0.15, 0.2) is 0 Å². The highest BCUT2D eigenvalue weighted by atomic mass is 16.4. The number of aliphatic hydroxyl groups excluding tert-OH is 1. The van der Waals surface area contributed by atoms with Crippen LogP contribution in [0.1, 0.15) is 26.2 Å². The van der Waals surface area contributed by atoms with Gasteiger partial charge in [-0.15, -0.1) is 0 Å². The number of primary amides is 1. The fourth-order valence-electron chi connectivity index (χ4n) is 1.07. The molecule has 16 heavy (non-hydrogen) atoms. The molecule has 0 saturated heterocycles. The predicted octanol–water partition coefficient (Wildman–Crippen LogP) is -1.41. The van der Waals surface area contributed by atoms with Crippen LogP contribution in [0.5, 0.6) is 0 Å². The largest absolute Gasteiger partial charge is 0.480 e. The molecule has 2 amide bonds. The van der Waals surface area contributed by atoms with Crippen molar-refractivity contribution in [2.75, 3.05) is 0 Å². The Morgan fingerprint density at radius 1 is 1.38 bits per heavy atom. The van der Waals surface area contributed by atoms with Gasteiger partial charge in [-0.1, -0.05) is 0 Å². The van der Waals surface area contributed by atoms with Gasteiger partial charge in [-0.3, -0.25) is 9.59 Å². The van der Waals surface area contributed by atoms with Gasteiger partial charge < -0.3 is 21.3 Å². The number of nitrogens with two attached hydrogens (primary N) is 1. The van der Waals surface area contributed by atoms with Crippen molar-refractivity contribution in [3.05, 3.63) is 0 Å². The highest BCUT2D eigenvalue weighted by molar-refractivity contribution is 5.84. The van der Waals surface area contributed by atoms with Gasteiger partial charge in [0.15, 0.2) is 0 Å². The average Bonchev–Trinajstić information content (AvgIpc) is 2.09. The van der Waals surface area contributed by atoms with Crippen LogP contribution in [0, 0.1) is 0 Å². The summed E-state index contributed by atoms with van der Waals surface area (Å²) >= 11 is 0. The monoisotopic (exact) mass is 232 g/mol. The number of rotatable bonds is 7. The van der Waals surface area contributed by atoms with Crippen LogP contribution in [-0.2, 0) is 14.4 Å². The lowest BCUT2D eigenvalue weighted by Crippen LogP contribution is -2.42. The molecular weight excluding hydrogens is 216 g/mol. The lowest BCUT2D eigenvalue weighted by molar-refractivity contribution is -0.142. The van der Waals surface area contributed by atoms with Gasteiger partial charge in [-0.25, -0.2) is 4.79 Å².